The zero-order valence-corrected chi connectivity index (χ0v) is 11.4. The summed E-state index contributed by atoms with van der Waals surface area (Å²) >= 11 is 0. The van der Waals surface area contributed by atoms with Crippen molar-refractivity contribution >= 4 is 17.6 Å². The minimum atomic E-state index is -0.330. The number of aromatic amines is 1. The molecule has 0 fully saturated rings. The number of hydrogen-bond acceptors (Lipinski definition) is 5. The number of nitrogens with one attached hydrogen (secondary N) is 2. The summed E-state index contributed by atoms with van der Waals surface area (Å²) < 4.78 is 1.53. The minimum absolute atomic E-state index is 0.167. The van der Waals surface area contributed by atoms with Gasteiger partial charge in [-0.2, -0.15) is 0 Å². The van der Waals surface area contributed by atoms with Crippen LogP contribution < -0.4 is 10.9 Å². The summed E-state index contributed by atoms with van der Waals surface area (Å²) in [4.78, 5) is 29.7. The highest BCUT2D eigenvalue weighted by Crippen LogP contribution is 1.99. The molecule has 3 heterocycles. The number of pyridine rings is 1. The Labute approximate surface area is 124 Å². The Morgan fingerprint density at radius 1 is 1.41 bits per heavy atom. The van der Waals surface area contributed by atoms with Crippen molar-refractivity contribution < 1.29 is 4.79 Å². The molecule has 3 rings (SSSR count). The lowest BCUT2D eigenvalue weighted by molar-refractivity contribution is -0.116. The van der Waals surface area contributed by atoms with Gasteiger partial charge in [-0.05, 0) is 17.7 Å². The molecule has 0 radical (unpaired) electrons. The van der Waals surface area contributed by atoms with Crippen LogP contribution in [-0.2, 0) is 11.3 Å². The van der Waals surface area contributed by atoms with E-state index in [2.05, 4.69) is 25.5 Å². The second-order valence-electron chi connectivity index (χ2n) is 4.44. The van der Waals surface area contributed by atoms with E-state index in [9.17, 15) is 9.59 Å². The first kappa shape index (κ1) is 13.7. The molecular formula is C14H12N6O2. The van der Waals surface area contributed by atoms with Crippen molar-refractivity contribution in [2.75, 3.05) is 0 Å². The molecule has 0 aliphatic rings. The lowest BCUT2D eigenvalue weighted by atomic mass is 10.2. The number of carbonyl (C=O) groups excluding carboxylic acids is 1. The van der Waals surface area contributed by atoms with E-state index in [4.69, 9.17) is 0 Å². The SMILES string of the molecule is O=C(/C=C/c1cccnc1)NCc1nnc2c(=O)[nH]ccn12. The smallest absolute Gasteiger partial charge is 0.293 e. The van der Waals surface area contributed by atoms with E-state index >= 15 is 0 Å². The van der Waals surface area contributed by atoms with Gasteiger partial charge in [0, 0.05) is 30.9 Å². The lowest BCUT2D eigenvalue weighted by Crippen LogP contribution is -2.22. The molecule has 3 aromatic heterocycles. The number of nitrogens with zero attached hydrogens (tertiary/aromatic N) is 4. The van der Waals surface area contributed by atoms with Gasteiger partial charge in [0.1, 0.15) is 0 Å². The van der Waals surface area contributed by atoms with Gasteiger partial charge >= 0.3 is 0 Å². The summed E-state index contributed by atoms with van der Waals surface area (Å²) in [6, 6.07) is 3.63. The second-order valence-corrected chi connectivity index (χ2v) is 4.44. The zero-order valence-electron chi connectivity index (χ0n) is 11.4. The molecule has 0 saturated carbocycles. The Balaban J connectivity index is 1.67. The number of rotatable bonds is 4. The normalized spacial score (nSPS) is 11.1. The van der Waals surface area contributed by atoms with E-state index < -0.39 is 0 Å². The van der Waals surface area contributed by atoms with Crippen molar-refractivity contribution in [2.24, 2.45) is 0 Å². The summed E-state index contributed by atoms with van der Waals surface area (Å²) in [5.41, 5.74) is 0.693. The minimum Gasteiger partial charge on any atom is -0.345 e. The number of carbonyl (C=O) groups is 1. The van der Waals surface area contributed by atoms with Crippen molar-refractivity contribution in [1.29, 1.82) is 0 Å². The molecular weight excluding hydrogens is 284 g/mol. The van der Waals surface area contributed by atoms with Crippen molar-refractivity contribution in [3.05, 3.63) is 64.7 Å². The van der Waals surface area contributed by atoms with Gasteiger partial charge in [0.05, 0.1) is 6.54 Å². The van der Waals surface area contributed by atoms with E-state index in [0.29, 0.717) is 5.82 Å². The molecule has 0 spiro atoms. The monoisotopic (exact) mass is 296 g/mol. The Kier molecular flexibility index (Phi) is 3.73. The number of aromatic nitrogens is 5. The predicted octanol–water partition coefficient (Wildman–Crippen LogP) is 0.142. The first-order valence-corrected chi connectivity index (χ1v) is 6.51. The van der Waals surface area contributed by atoms with Gasteiger partial charge in [-0.1, -0.05) is 6.07 Å². The van der Waals surface area contributed by atoms with Gasteiger partial charge in [0.25, 0.3) is 5.56 Å². The van der Waals surface area contributed by atoms with Crippen molar-refractivity contribution in [3.8, 4) is 0 Å². The number of H-pyrrole nitrogens is 1. The standard InChI is InChI=1S/C14H12N6O2/c21-12(4-3-10-2-1-5-15-8-10)17-9-11-18-19-13-14(22)16-6-7-20(11)13/h1-8H,9H2,(H,16,22)(H,17,21)/b4-3+. The van der Waals surface area contributed by atoms with Crippen LogP contribution in [0.3, 0.4) is 0 Å². The first-order chi connectivity index (χ1) is 10.7. The molecule has 0 aliphatic heterocycles. The Hall–Kier alpha value is -3.29. The molecule has 1 amide bonds. The summed E-state index contributed by atoms with van der Waals surface area (Å²) in [7, 11) is 0. The maximum Gasteiger partial charge on any atom is 0.293 e. The van der Waals surface area contributed by atoms with Crippen molar-refractivity contribution in [1.82, 2.24) is 29.9 Å². The highest BCUT2D eigenvalue weighted by molar-refractivity contribution is 5.91. The lowest BCUT2D eigenvalue weighted by Gasteiger charge is -2.00. The van der Waals surface area contributed by atoms with Crippen LogP contribution in [-0.4, -0.2) is 30.5 Å². The molecule has 0 unspecified atom stereocenters. The van der Waals surface area contributed by atoms with E-state index in [1.54, 1.807) is 30.7 Å². The third-order valence-electron chi connectivity index (χ3n) is 2.94. The van der Waals surface area contributed by atoms with Crippen LogP contribution in [0.1, 0.15) is 11.4 Å². The van der Waals surface area contributed by atoms with Gasteiger partial charge in [0.2, 0.25) is 11.6 Å². The molecule has 22 heavy (non-hydrogen) atoms. The van der Waals surface area contributed by atoms with Gasteiger partial charge in [0.15, 0.2) is 5.82 Å². The molecule has 8 nitrogen and oxygen atoms in total. The molecule has 0 aliphatic carbocycles. The van der Waals surface area contributed by atoms with Crippen LogP contribution in [0.15, 0.2) is 47.8 Å². The fraction of sp³-hybridized carbons (Fsp3) is 0.0714. The number of amides is 1. The first-order valence-electron chi connectivity index (χ1n) is 6.51. The Morgan fingerprint density at radius 3 is 3.14 bits per heavy atom. The molecule has 0 atom stereocenters. The third-order valence-corrected chi connectivity index (χ3v) is 2.94. The predicted molar refractivity (Wildman–Crippen MR) is 78.7 cm³/mol. The Morgan fingerprint density at radius 2 is 2.32 bits per heavy atom. The van der Waals surface area contributed by atoms with E-state index in [1.165, 1.54) is 16.7 Å². The van der Waals surface area contributed by atoms with E-state index in [1.807, 2.05) is 6.07 Å². The molecule has 0 saturated heterocycles. The van der Waals surface area contributed by atoms with Crippen molar-refractivity contribution in [3.63, 3.8) is 0 Å². The van der Waals surface area contributed by atoms with Crippen LogP contribution in [0.25, 0.3) is 11.7 Å². The molecule has 2 N–H and O–H groups in total. The molecule has 110 valence electrons. The maximum atomic E-state index is 11.8. The average Bonchev–Trinajstić information content (AvgIpc) is 2.96. The molecule has 3 aromatic rings. The van der Waals surface area contributed by atoms with Gasteiger partial charge in [-0.25, -0.2) is 0 Å². The van der Waals surface area contributed by atoms with Crippen molar-refractivity contribution in [2.45, 2.75) is 6.54 Å². The fourth-order valence-corrected chi connectivity index (χ4v) is 1.88. The molecule has 0 bridgehead atoms. The molecule has 8 heteroatoms. The average molecular weight is 296 g/mol. The zero-order chi connectivity index (χ0) is 15.4. The highest BCUT2D eigenvalue weighted by Gasteiger charge is 2.08. The van der Waals surface area contributed by atoms with Gasteiger partial charge in [-0.15, -0.1) is 10.2 Å². The summed E-state index contributed by atoms with van der Waals surface area (Å²) in [6.45, 7) is 0.167. The maximum absolute atomic E-state index is 11.8. The fourth-order valence-electron chi connectivity index (χ4n) is 1.88. The highest BCUT2D eigenvalue weighted by atomic mass is 16.1. The third kappa shape index (κ3) is 2.90. The number of hydrogen-bond donors (Lipinski definition) is 2. The van der Waals surface area contributed by atoms with Crippen LogP contribution in [0.2, 0.25) is 0 Å². The quantitative estimate of drug-likeness (QED) is 0.666. The van der Waals surface area contributed by atoms with Crippen LogP contribution in [0.4, 0.5) is 0 Å². The van der Waals surface area contributed by atoms with Gasteiger partial charge < -0.3 is 10.3 Å². The van der Waals surface area contributed by atoms with E-state index in [0.717, 1.165) is 5.56 Å². The Bertz CT molecular complexity index is 881. The molecule has 0 aromatic carbocycles. The van der Waals surface area contributed by atoms with Gasteiger partial charge in [-0.3, -0.25) is 19.0 Å². The number of fused-ring (bicyclic) bond motifs is 1. The van der Waals surface area contributed by atoms with Crippen LogP contribution >= 0.6 is 0 Å². The van der Waals surface area contributed by atoms with Crippen LogP contribution in [0, 0.1) is 0 Å². The van der Waals surface area contributed by atoms with E-state index in [-0.39, 0.29) is 23.7 Å². The summed E-state index contributed by atoms with van der Waals surface area (Å²) in [6.07, 6.45) is 9.51. The van der Waals surface area contributed by atoms with Crippen LogP contribution in [0.5, 0.6) is 0 Å². The summed E-state index contributed by atoms with van der Waals surface area (Å²) in [5.74, 6) is 0.203. The topological polar surface area (TPSA) is 105 Å². The largest absolute Gasteiger partial charge is 0.345 e. The summed E-state index contributed by atoms with van der Waals surface area (Å²) in [5, 5.41) is 10.4. The second kappa shape index (κ2) is 6.00.